The molecule has 2 unspecified atom stereocenters. The lowest BCUT2D eigenvalue weighted by Crippen LogP contribution is -2.35. The zero-order chi connectivity index (χ0) is 22.5. The molecule has 2 bridgehead atoms. The van der Waals surface area contributed by atoms with Gasteiger partial charge in [-0.3, -0.25) is 4.79 Å². The Labute approximate surface area is 188 Å². The third-order valence-corrected chi connectivity index (χ3v) is 6.52. The summed E-state index contributed by atoms with van der Waals surface area (Å²) in [6.45, 7) is 1.01. The molecule has 9 nitrogen and oxygen atoms in total. The summed E-state index contributed by atoms with van der Waals surface area (Å²) in [7, 11) is 0. The van der Waals surface area contributed by atoms with E-state index in [0.717, 1.165) is 19.4 Å². The summed E-state index contributed by atoms with van der Waals surface area (Å²) >= 11 is 0. The molecule has 1 saturated heterocycles. The first-order chi connectivity index (χ1) is 16.1. The van der Waals surface area contributed by atoms with Crippen molar-refractivity contribution in [1.82, 2.24) is 30.0 Å². The van der Waals surface area contributed by atoms with Crippen LogP contribution in [0.1, 0.15) is 29.2 Å². The molecule has 1 aliphatic carbocycles. The number of nitrogens with two attached hydrogens (primary N) is 1. The number of piperidine rings is 1. The second kappa shape index (κ2) is 7.59. The highest BCUT2D eigenvalue weighted by Crippen LogP contribution is 2.42. The summed E-state index contributed by atoms with van der Waals surface area (Å²) in [6, 6.07) is 9.89. The van der Waals surface area contributed by atoms with Crippen LogP contribution in [0.4, 0.5) is 16.0 Å². The first-order valence-electron chi connectivity index (χ1n) is 10.8. The number of anilines is 2. The fourth-order valence-electron chi connectivity index (χ4n) is 4.98. The molecule has 4 aromatic rings. The van der Waals surface area contributed by atoms with Crippen molar-refractivity contribution in [1.29, 1.82) is 0 Å². The van der Waals surface area contributed by atoms with Gasteiger partial charge in [0.15, 0.2) is 5.65 Å². The van der Waals surface area contributed by atoms with Crippen LogP contribution in [-0.2, 0) is 0 Å². The molecular weight excluding hydrogens is 423 g/mol. The van der Waals surface area contributed by atoms with E-state index in [1.165, 1.54) is 12.4 Å². The molecule has 33 heavy (non-hydrogen) atoms. The van der Waals surface area contributed by atoms with Gasteiger partial charge in [0.05, 0.1) is 11.4 Å². The molecule has 2 aliphatic rings. The highest BCUT2D eigenvalue weighted by Gasteiger charge is 2.42. The third kappa shape index (κ3) is 3.30. The maximum atomic E-state index is 15.3. The Morgan fingerprint density at radius 3 is 2.82 bits per heavy atom. The Morgan fingerprint density at radius 1 is 1.18 bits per heavy atom. The molecular formula is C23H21FN8O. The smallest absolute Gasteiger partial charge is 0.256 e. The Kier molecular flexibility index (Phi) is 4.54. The van der Waals surface area contributed by atoms with E-state index in [9.17, 15) is 4.79 Å². The lowest BCUT2D eigenvalue weighted by atomic mass is 10.1. The number of amides is 1. The number of hydrogen-bond acceptors (Lipinski definition) is 7. The van der Waals surface area contributed by atoms with Crippen molar-refractivity contribution in [3.05, 3.63) is 60.3 Å². The monoisotopic (exact) mass is 444 g/mol. The molecule has 0 radical (unpaired) electrons. The molecule has 10 heteroatoms. The predicted octanol–water partition coefficient (Wildman–Crippen LogP) is 2.78. The lowest BCUT2D eigenvalue weighted by Gasteiger charge is -2.23. The van der Waals surface area contributed by atoms with Gasteiger partial charge in [-0.1, -0.05) is 6.07 Å². The molecule has 0 spiro atoms. The lowest BCUT2D eigenvalue weighted by molar-refractivity contribution is 0.102. The van der Waals surface area contributed by atoms with E-state index < -0.39 is 11.7 Å². The molecule has 4 N–H and O–H groups in total. The Bertz CT molecular complexity index is 1370. The van der Waals surface area contributed by atoms with Crippen LogP contribution >= 0.6 is 0 Å². The minimum Gasteiger partial charge on any atom is -0.383 e. The first kappa shape index (κ1) is 19.7. The number of pyridine rings is 1. The van der Waals surface area contributed by atoms with Crippen LogP contribution in [0.3, 0.4) is 0 Å². The third-order valence-electron chi connectivity index (χ3n) is 6.52. The highest BCUT2D eigenvalue weighted by molar-refractivity contribution is 6.04. The second-order valence-electron chi connectivity index (χ2n) is 8.53. The van der Waals surface area contributed by atoms with Crippen molar-refractivity contribution in [3.63, 3.8) is 0 Å². The van der Waals surface area contributed by atoms with Gasteiger partial charge in [-0.2, -0.15) is 5.10 Å². The number of nitrogens with zero attached hydrogens (tertiary/aromatic N) is 5. The molecule has 3 aromatic heterocycles. The Balaban J connectivity index is 1.39. The van der Waals surface area contributed by atoms with E-state index in [4.69, 9.17) is 10.8 Å². The summed E-state index contributed by atoms with van der Waals surface area (Å²) < 4.78 is 17.2. The molecule has 4 heterocycles. The number of rotatable bonds is 4. The van der Waals surface area contributed by atoms with Crippen LogP contribution in [0, 0.1) is 11.7 Å². The van der Waals surface area contributed by atoms with Crippen LogP contribution in [0.5, 0.6) is 0 Å². The van der Waals surface area contributed by atoms with Crippen molar-refractivity contribution in [3.8, 4) is 11.3 Å². The van der Waals surface area contributed by atoms with Gasteiger partial charge in [-0.15, -0.1) is 0 Å². The Hall–Kier alpha value is -3.92. The van der Waals surface area contributed by atoms with Crippen molar-refractivity contribution in [2.45, 2.75) is 24.9 Å². The number of hydrogen-bond donors (Lipinski definition) is 3. The number of benzene rings is 1. The average Bonchev–Trinajstić information content (AvgIpc) is 3.54. The van der Waals surface area contributed by atoms with Crippen LogP contribution in [0.15, 0.2) is 48.9 Å². The van der Waals surface area contributed by atoms with E-state index in [1.54, 1.807) is 36.5 Å². The van der Waals surface area contributed by atoms with Gasteiger partial charge >= 0.3 is 0 Å². The van der Waals surface area contributed by atoms with Crippen LogP contribution in [-0.4, -0.2) is 43.2 Å². The molecule has 6 rings (SSSR count). The van der Waals surface area contributed by atoms with Crippen molar-refractivity contribution in [2.24, 2.45) is 5.92 Å². The van der Waals surface area contributed by atoms with Gasteiger partial charge in [0.25, 0.3) is 5.91 Å². The van der Waals surface area contributed by atoms with Crippen LogP contribution in [0.2, 0.25) is 0 Å². The number of fused-ring (bicyclic) bond motifs is 3. The molecule has 1 amide bonds. The van der Waals surface area contributed by atoms with Gasteiger partial charge in [-0.25, -0.2) is 24.0 Å². The largest absolute Gasteiger partial charge is 0.383 e. The summed E-state index contributed by atoms with van der Waals surface area (Å²) in [5, 5.41) is 11.5. The topological polar surface area (TPSA) is 124 Å². The van der Waals surface area contributed by atoms with Crippen molar-refractivity contribution in [2.75, 3.05) is 17.6 Å². The van der Waals surface area contributed by atoms with Gasteiger partial charge in [0.2, 0.25) is 0 Å². The summed E-state index contributed by atoms with van der Waals surface area (Å²) in [4.78, 5) is 25.1. The van der Waals surface area contributed by atoms with E-state index >= 15 is 4.39 Å². The molecule has 1 aromatic carbocycles. The number of aromatic nitrogens is 5. The van der Waals surface area contributed by atoms with Gasteiger partial charge in [0, 0.05) is 23.4 Å². The van der Waals surface area contributed by atoms with E-state index in [-0.39, 0.29) is 23.0 Å². The van der Waals surface area contributed by atoms with Crippen LogP contribution < -0.4 is 16.4 Å². The first-order valence-corrected chi connectivity index (χ1v) is 10.8. The summed E-state index contributed by atoms with van der Waals surface area (Å²) in [5.74, 6) is 0.209. The number of nitrogens with one attached hydrogen (secondary N) is 2. The van der Waals surface area contributed by atoms with E-state index in [0.29, 0.717) is 34.5 Å². The van der Waals surface area contributed by atoms with Crippen molar-refractivity contribution >= 4 is 28.6 Å². The number of halogens is 1. The minimum atomic E-state index is -0.579. The second-order valence-corrected chi connectivity index (χ2v) is 8.53. The molecule has 1 saturated carbocycles. The predicted molar refractivity (Wildman–Crippen MR) is 121 cm³/mol. The molecule has 2 fully saturated rings. The number of carbonyl (C=O) groups excluding carboxylic acids is 1. The molecule has 1 aliphatic heterocycles. The van der Waals surface area contributed by atoms with E-state index in [2.05, 4.69) is 25.6 Å². The zero-order valence-electron chi connectivity index (χ0n) is 17.6. The molecule has 3 atom stereocenters. The van der Waals surface area contributed by atoms with Gasteiger partial charge in [-0.05, 0) is 55.6 Å². The fraction of sp³-hybridized carbons (Fsp3) is 0.261. The average molecular weight is 444 g/mol. The van der Waals surface area contributed by atoms with Gasteiger partial charge in [0.1, 0.15) is 29.5 Å². The maximum Gasteiger partial charge on any atom is 0.256 e. The quantitative estimate of drug-likeness (QED) is 0.442. The normalized spacial score (nSPS) is 21.5. The zero-order valence-corrected chi connectivity index (χ0v) is 17.6. The van der Waals surface area contributed by atoms with Gasteiger partial charge < -0.3 is 16.4 Å². The SMILES string of the molecule is Nc1ncnc2c1c(-c1ccc(C(=O)Nc3ccccn3)cc1F)nn2C1C[C@@H]2CNC1C2. The van der Waals surface area contributed by atoms with Crippen molar-refractivity contribution < 1.29 is 9.18 Å². The minimum absolute atomic E-state index is 0.126. The standard InChI is InChI=1S/C23H21FN8O/c24-15-9-13(23(33)30-18-3-1-2-6-26-18)4-5-14(15)20-19-21(25)28-11-29-22(19)32(31-20)17-8-12-7-16(17)27-10-12/h1-6,9,11-12,16-17,27H,7-8,10H2,(H2,25,28,29)(H,26,30,33)/t12-,16?,17?/m1/s1. The van der Waals surface area contributed by atoms with Crippen LogP contribution in [0.25, 0.3) is 22.3 Å². The summed E-state index contributed by atoms with van der Waals surface area (Å²) in [5.41, 5.74) is 7.56. The maximum absolute atomic E-state index is 15.3. The number of nitrogen functional groups attached to an aromatic ring is 1. The molecule has 166 valence electrons. The fourth-order valence-corrected chi connectivity index (χ4v) is 4.98. The number of carbonyl (C=O) groups is 1. The van der Waals surface area contributed by atoms with E-state index in [1.807, 2.05) is 4.68 Å². The Morgan fingerprint density at radius 2 is 2.09 bits per heavy atom. The summed E-state index contributed by atoms with van der Waals surface area (Å²) in [6.07, 6.45) is 5.06. The highest BCUT2D eigenvalue weighted by atomic mass is 19.1.